The van der Waals surface area contributed by atoms with Crippen molar-refractivity contribution in [2.24, 2.45) is 10.7 Å². The van der Waals surface area contributed by atoms with Crippen LogP contribution in [0.4, 0.5) is 13.2 Å². The number of carbonyl (C=O) groups is 2. The molecule has 3 aromatic carbocycles. The van der Waals surface area contributed by atoms with Crippen molar-refractivity contribution < 1.29 is 22.8 Å². The van der Waals surface area contributed by atoms with Gasteiger partial charge >= 0.3 is 6.18 Å². The number of hydrogen-bond acceptors (Lipinski definition) is 5. The zero-order chi connectivity index (χ0) is 28.8. The number of benzene rings is 3. The van der Waals surface area contributed by atoms with E-state index in [0.29, 0.717) is 22.4 Å². The van der Waals surface area contributed by atoms with E-state index in [-0.39, 0.29) is 25.6 Å². The van der Waals surface area contributed by atoms with Crippen LogP contribution in [0.15, 0.2) is 102 Å². The van der Waals surface area contributed by atoms with Crippen molar-refractivity contribution in [1.29, 1.82) is 0 Å². The van der Waals surface area contributed by atoms with Gasteiger partial charge in [0, 0.05) is 12.7 Å². The van der Waals surface area contributed by atoms with E-state index < -0.39 is 34.7 Å². The molecule has 0 atom stereocenters. The van der Waals surface area contributed by atoms with E-state index in [1.165, 1.54) is 21.9 Å². The Morgan fingerprint density at radius 2 is 1.56 bits per heavy atom. The number of nitrogens with two attached hydrogens (primary N) is 1. The molecule has 0 fully saturated rings. The molecule has 2 N–H and O–H groups in total. The molecule has 0 bridgehead atoms. The number of pyridine rings is 1. The Hall–Kier alpha value is -4.99. The van der Waals surface area contributed by atoms with Gasteiger partial charge in [-0.1, -0.05) is 72.8 Å². The van der Waals surface area contributed by atoms with Crippen LogP contribution in [-0.2, 0) is 36.1 Å². The number of aromatic nitrogens is 1. The number of amides is 2. The van der Waals surface area contributed by atoms with Crippen molar-refractivity contribution in [2.45, 2.75) is 31.3 Å². The molecule has 3 heterocycles. The monoisotopic (exact) mass is 555 g/mol. The Balaban J connectivity index is 1.35. The van der Waals surface area contributed by atoms with Gasteiger partial charge < -0.3 is 10.6 Å². The second kappa shape index (κ2) is 9.88. The Bertz CT molecular complexity index is 1610. The first-order valence-electron chi connectivity index (χ1n) is 12.9. The van der Waals surface area contributed by atoms with Gasteiger partial charge in [0.1, 0.15) is 0 Å². The number of hydrogen-bond donors (Lipinski definition) is 1. The smallest absolute Gasteiger partial charge is 0.369 e. The lowest BCUT2D eigenvalue weighted by Gasteiger charge is -2.27. The number of alkyl halides is 3. The summed E-state index contributed by atoms with van der Waals surface area (Å²) in [6.07, 6.45) is -3.17. The second-order valence-electron chi connectivity index (χ2n) is 9.95. The van der Waals surface area contributed by atoms with Gasteiger partial charge in [-0.25, -0.2) is 4.99 Å². The quantitative estimate of drug-likeness (QED) is 0.381. The maximum atomic E-state index is 14.1. The van der Waals surface area contributed by atoms with Crippen molar-refractivity contribution in [2.75, 3.05) is 0 Å². The lowest BCUT2D eigenvalue weighted by molar-refractivity contribution is -0.138. The molecule has 10 heteroatoms. The van der Waals surface area contributed by atoms with Crippen LogP contribution in [0.25, 0.3) is 0 Å². The van der Waals surface area contributed by atoms with Crippen LogP contribution in [0.2, 0.25) is 0 Å². The summed E-state index contributed by atoms with van der Waals surface area (Å²) >= 11 is 0. The summed E-state index contributed by atoms with van der Waals surface area (Å²) in [6, 6.07) is 24.8. The van der Waals surface area contributed by atoms with E-state index in [1.807, 2.05) is 12.1 Å². The van der Waals surface area contributed by atoms with Crippen LogP contribution in [0.5, 0.6) is 0 Å². The standard InChI is InChI=1S/C31H24F3N5O2/c32-31(33,34)25-14-13-20(16-24(25)27(40)38-18-21-8-7-15-36-26(21)19-38)17-39-28(41)30(37-29(39)35,22-9-3-1-4-10-22)23-11-5-2-6-12-23/h1-16H,17-19H2,(H2,35,37). The summed E-state index contributed by atoms with van der Waals surface area (Å²) in [6.45, 7) is 0.0949. The molecule has 6 rings (SSSR count). The maximum absolute atomic E-state index is 14.1. The van der Waals surface area contributed by atoms with Crippen LogP contribution >= 0.6 is 0 Å². The number of guanidine groups is 1. The third-order valence-electron chi connectivity index (χ3n) is 7.43. The normalized spacial score (nSPS) is 16.1. The predicted octanol–water partition coefficient (Wildman–Crippen LogP) is 4.86. The molecule has 0 radical (unpaired) electrons. The van der Waals surface area contributed by atoms with Crippen molar-refractivity contribution in [1.82, 2.24) is 14.8 Å². The first-order valence-corrected chi connectivity index (χ1v) is 12.9. The van der Waals surface area contributed by atoms with Gasteiger partial charge in [0.15, 0.2) is 11.5 Å². The molecule has 41 heavy (non-hydrogen) atoms. The highest BCUT2D eigenvalue weighted by Gasteiger charge is 2.50. The molecule has 0 saturated carbocycles. The molecular weight excluding hydrogens is 531 g/mol. The fourth-order valence-corrected chi connectivity index (χ4v) is 5.44. The van der Waals surface area contributed by atoms with E-state index in [4.69, 9.17) is 5.73 Å². The van der Waals surface area contributed by atoms with E-state index in [0.717, 1.165) is 11.6 Å². The van der Waals surface area contributed by atoms with Crippen LogP contribution in [0.1, 0.15) is 43.9 Å². The van der Waals surface area contributed by atoms with Gasteiger partial charge in [-0.2, -0.15) is 13.2 Å². The van der Waals surface area contributed by atoms with E-state index >= 15 is 0 Å². The Morgan fingerprint density at radius 3 is 2.17 bits per heavy atom. The van der Waals surface area contributed by atoms with Crippen LogP contribution < -0.4 is 5.73 Å². The summed E-state index contributed by atoms with van der Waals surface area (Å²) in [4.78, 5) is 39.0. The number of carbonyl (C=O) groups excluding carboxylic acids is 2. The highest BCUT2D eigenvalue weighted by atomic mass is 19.4. The molecule has 7 nitrogen and oxygen atoms in total. The first kappa shape index (κ1) is 26.2. The summed E-state index contributed by atoms with van der Waals surface area (Å²) < 4.78 is 42.0. The number of halogens is 3. The number of fused-ring (bicyclic) bond motifs is 1. The van der Waals surface area contributed by atoms with Gasteiger partial charge in [-0.15, -0.1) is 0 Å². The molecule has 0 aliphatic carbocycles. The molecule has 206 valence electrons. The Morgan fingerprint density at radius 1 is 0.902 bits per heavy atom. The van der Waals surface area contributed by atoms with Gasteiger partial charge in [0.05, 0.1) is 29.9 Å². The average Bonchev–Trinajstić information content (AvgIpc) is 3.52. The Kier molecular flexibility index (Phi) is 6.33. The molecule has 4 aromatic rings. The topological polar surface area (TPSA) is 91.9 Å². The maximum Gasteiger partial charge on any atom is 0.417 e. The van der Waals surface area contributed by atoms with Gasteiger partial charge in [0.25, 0.3) is 11.8 Å². The van der Waals surface area contributed by atoms with Crippen LogP contribution in [0, 0.1) is 0 Å². The van der Waals surface area contributed by atoms with Crippen molar-refractivity contribution >= 4 is 17.8 Å². The minimum Gasteiger partial charge on any atom is -0.369 e. The molecule has 2 aliphatic rings. The van der Waals surface area contributed by atoms with Crippen LogP contribution in [-0.4, -0.2) is 32.6 Å². The molecule has 0 unspecified atom stereocenters. The second-order valence-corrected chi connectivity index (χ2v) is 9.95. The fraction of sp³-hybridized carbons (Fsp3) is 0.161. The minimum absolute atomic E-state index is 0.0726. The number of rotatable bonds is 5. The van der Waals surface area contributed by atoms with Crippen LogP contribution in [0.3, 0.4) is 0 Å². The lowest BCUT2D eigenvalue weighted by atomic mass is 9.83. The Labute approximate surface area is 233 Å². The minimum atomic E-state index is -4.76. The molecule has 2 amide bonds. The first-order chi connectivity index (χ1) is 19.7. The molecule has 0 spiro atoms. The number of aliphatic imine (C=N–C) groups is 1. The van der Waals surface area contributed by atoms with Gasteiger partial charge in [-0.3, -0.25) is 19.5 Å². The average molecular weight is 556 g/mol. The zero-order valence-electron chi connectivity index (χ0n) is 21.7. The largest absolute Gasteiger partial charge is 0.417 e. The number of nitrogens with zero attached hydrogens (tertiary/aromatic N) is 4. The highest BCUT2D eigenvalue weighted by Crippen LogP contribution is 2.40. The van der Waals surface area contributed by atoms with Crippen molar-refractivity contribution in [3.05, 3.63) is 136 Å². The van der Waals surface area contributed by atoms with Crippen molar-refractivity contribution in [3.8, 4) is 0 Å². The summed E-state index contributed by atoms with van der Waals surface area (Å²) in [7, 11) is 0. The summed E-state index contributed by atoms with van der Waals surface area (Å²) in [5.74, 6) is -1.28. The highest BCUT2D eigenvalue weighted by molar-refractivity contribution is 6.09. The third-order valence-corrected chi connectivity index (χ3v) is 7.43. The SMILES string of the molecule is NC1=NC(c2ccccc2)(c2ccccc2)C(=O)N1Cc1ccc(C(F)(F)F)c(C(=O)N2Cc3cccnc3C2)c1. The lowest BCUT2D eigenvalue weighted by Crippen LogP contribution is -2.43. The fourth-order valence-electron chi connectivity index (χ4n) is 5.44. The molecule has 1 aromatic heterocycles. The van der Waals surface area contributed by atoms with Gasteiger partial charge in [-0.05, 0) is 40.5 Å². The van der Waals surface area contributed by atoms with E-state index in [2.05, 4.69) is 9.98 Å². The molecule has 0 saturated heterocycles. The van der Waals surface area contributed by atoms with Gasteiger partial charge in [0.2, 0.25) is 0 Å². The van der Waals surface area contributed by atoms with E-state index in [9.17, 15) is 22.8 Å². The summed E-state index contributed by atoms with van der Waals surface area (Å²) in [5, 5.41) is 0. The molecule has 2 aliphatic heterocycles. The summed E-state index contributed by atoms with van der Waals surface area (Å²) in [5.41, 5.74) is 6.26. The van der Waals surface area contributed by atoms with Crippen molar-refractivity contribution in [3.63, 3.8) is 0 Å². The third kappa shape index (κ3) is 4.51. The van der Waals surface area contributed by atoms with E-state index in [1.54, 1.807) is 66.9 Å². The predicted molar refractivity (Wildman–Crippen MR) is 145 cm³/mol. The zero-order valence-corrected chi connectivity index (χ0v) is 21.7. The molecular formula is C31H24F3N5O2.